The molecule has 0 spiro atoms. The number of rotatable bonds is 2. The maximum absolute atomic E-state index is 10.5. The average Bonchev–Trinajstić information content (AvgIpc) is 2.03. The largest absolute Gasteiger partial charge is 0.295 e. The molecular formula is C10H12O. The van der Waals surface area contributed by atoms with Gasteiger partial charge in [-0.15, -0.1) is 0 Å². The van der Waals surface area contributed by atoms with E-state index in [1.165, 1.54) is 0 Å². The Hall–Kier alpha value is -1.11. The van der Waals surface area contributed by atoms with Crippen molar-refractivity contribution in [3.8, 4) is 0 Å². The van der Waals surface area contributed by atoms with E-state index in [4.69, 9.17) is 0 Å². The third-order valence-corrected chi connectivity index (χ3v) is 1.53. The lowest BCUT2D eigenvalue weighted by Gasteiger charge is -1.99. The Morgan fingerprint density at radius 1 is 1.55 bits per heavy atom. The van der Waals surface area contributed by atoms with E-state index < -0.39 is 0 Å². The molecule has 0 N–H and O–H groups in total. The van der Waals surface area contributed by atoms with Crippen molar-refractivity contribution >= 4 is 5.78 Å². The van der Waals surface area contributed by atoms with Gasteiger partial charge < -0.3 is 0 Å². The van der Waals surface area contributed by atoms with E-state index in [-0.39, 0.29) is 5.78 Å². The molecule has 1 aliphatic carbocycles. The highest BCUT2D eigenvalue weighted by Crippen LogP contribution is 2.10. The molecule has 0 aromatic rings. The number of carbonyl (C=O) groups is 1. The molecule has 1 heteroatoms. The smallest absolute Gasteiger partial charge is 0.152 e. The van der Waals surface area contributed by atoms with Crippen LogP contribution >= 0.6 is 0 Å². The van der Waals surface area contributed by atoms with Crippen LogP contribution in [0, 0.1) is 0 Å². The molecule has 1 rings (SSSR count). The quantitative estimate of drug-likeness (QED) is 0.549. The lowest BCUT2D eigenvalue weighted by Crippen LogP contribution is -1.83. The fraction of sp³-hybridized carbons (Fsp3) is 0.300. The second kappa shape index (κ2) is 3.91. The third kappa shape index (κ3) is 2.99. The highest BCUT2D eigenvalue weighted by Gasteiger charge is 1.91. The summed E-state index contributed by atoms with van der Waals surface area (Å²) in [7, 11) is 0. The second-order valence-corrected chi connectivity index (χ2v) is 2.63. The van der Waals surface area contributed by atoms with Gasteiger partial charge in [-0.1, -0.05) is 24.3 Å². The predicted octanol–water partition coefficient (Wildman–Crippen LogP) is 2.41. The molecule has 0 aliphatic heterocycles. The minimum Gasteiger partial charge on any atom is -0.295 e. The molecule has 0 saturated carbocycles. The second-order valence-electron chi connectivity index (χ2n) is 2.63. The summed E-state index contributed by atoms with van der Waals surface area (Å²) in [6.07, 6.45) is 12.0. The summed E-state index contributed by atoms with van der Waals surface area (Å²) in [5.74, 6) is 0.102. The summed E-state index contributed by atoms with van der Waals surface area (Å²) >= 11 is 0. The number of carbonyl (C=O) groups excluding carboxylic acids is 1. The average molecular weight is 148 g/mol. The van der Waals surface area contributed by atoms with Crippen LogP contribution in [0.2, 0.25) is 0 Å². The molecule has 11 heavy (non-hydrogen) atoms. The number of hydrogen-bond acceptors (Lipinski definition) is 1. The van der Waals surface area contributed by atoms with Gasteiger partial charge in [-0.25, -0.2) is 0 Å². The number of ketones is 1. The summed E-state index contributed by atoms with van der Waals surface area (Å²) in [4.78, 5) is 10.5. The van der Waals surface area contributed by atoms with Crippen LogP contribution in [0.5, 0.6) is 0 Å². The molecule has 0 bridgehead atoms. The zero-order valence-corrected chi connectivity index (χ0v) is 6.71. The van der Waals surface area contributed by atoms with Gasteiger partial charge in [0.15, 0.2) is 5.78 Å². The fourth-order valence-corrected chi connectivity index (χ4v) is 0.971. The lowest BCUT2D eigenvalue weighted by molar-refractivity contribution is -0.112. The van der Waals surface area contributed by atoms with Gasteiger partial charge in [0.1, 0.15) is 0 Å². The number of allylic oxidation sites excluding steroid dienone is 6. The van der Waals surface area contributed by atoms with Crippen LogP contribution in [0.25, 0.3) is 0 Å². The first-order valence-corrected chi connectivity index (χ1v) is 3.84. The first-order chi connectivity index (χ1) is 5.29. The Morgan fingerprint density at radius 3 is 2.91 bits per heavy atom. The molecule has 0 aromatic carbocycles. The molecule has 0 aromatic heterocycles. The minimum atomic E-state index is 0.102. The third-order valence-electron chi connectivity index (χ3n) is 1.53. The van der Waals surface area contributed by atoms with E-state index in [1.54, 1.807) is 13.0 Å². The summed E-state index contributed by atoms with van der Waals surface area (Å²) in [6, 6.07) is 0. The van der Waals surface area contributed by atoms with Gasteiger partial charge in [0, 0.05) is 0 Å². The molecule has 0 radical (unpaired) electrons. The van der Waals surface area contributed by atoms with Gasteiger partial charge in [-0.3, -0.25) is 4.79 Å². The molecule has 1 nitrogen and oxygen atoms in total. The Labute approximate surface area is 67.1 Å². The Morgan fingerprint density at radius 2 is 2.36 bits per heavy atom. The van der Waals surface area contributed by atoms with Crippen LogP contribution in [-0.4, -0.2) is 5.78 Å². The molecule has 1 aliphatic rings. The first kappa shape index (κ1) is 7.99. The van der Waals surface area contributed by atoms with Crippen molar-refractivity contribution in [1.82, 2.24) is 0 Å². The first-order valence-electron chi connectivity index (χ1n) is 3.84. The van der Waals surface area contributed by atoms with Crippen molar-refractivity contribution in [1.29, 1.82) is 0 Å². The summed E-state index contributed by atoms with van der Waals surface area (Å²) in [6.45, 7) is 1.56. The van der Waals surface area contributed by atoms with Crippen molar-refractivity contribution in [2.75, 3.05) is 0 Å². The maximum Gasteiger partial charge on any atom is 0.152 e. The van der Waals surface area contributed by atoms with E-state index in [0.717, 1.165) is 18.4 Å². The zero-order valence-electron chi connectivity index (χ0n) is 6.71. The van der Waals surface area contributed by atoms with Gasteiger partial charge >= 0.3 is 0 Å². The molecule has 0 unspecified atom stereocenters. The molecule has 0 saturated heterocycles. The van der Waals surface area contributed by atoms with Crippen molar-refractivity contribution in [3.63, 3.8) is 0 Å². The highest BCUT2D eigenvalue weighted by atomic mass is 16.1. The van der Waals surface area contributed by atoms with Crippen LogP contribution in [0.1, 0.15) is 19.8 Å². The number of hydrogen-bond donors (Lipinski definition) is 0. The molecule has 0 atom stereocenters. The Balaban J connectivity index is 2.55. The lowest BCUT2D eigenvalue weighted by atomic mass is 10.1. The van der Waals surface area contributed by atoms with E-state index in [0.29, 0.717) is 0 Å². The van der Waals surface area contributed by atoms with Crippen LogP contribution in [0.15, 0.2) is 36.0 Å². The van der Waals surface area contributed by atoms with Crippen LogP contribution in [0.3, 0.4) is 0 Å². The Kier molecular flexibility index (Phi) is 2.84. The highest BCUT2D eigenvalue weighted by molar-refractivity contribution is 5.87. The van der Waals surface area contributed by atoms with Crippen molar-refractivity contribution in [3.05, 3.63) is 36.0 Å². The van der Waals surface area contributed by atoms with Gasteiger partial charge in [-0.2, -0.15) is 0 Å². The topological polar surface area (TPSA) is 17.1 Å². The maximum atomic E-state index is 10.5. The van der Waals surface area contributed by atoms with E-state index in [1.807, 2.05) is 12.2 Å². The van der Waals surface area contributed by atoms with Crippen molar-refractivity contribution < 1.29 is 4.79 Å². The summed E-state index contributed by atoms with van der Waals surface area (Å²) in [5.41, 5.74) is 1.14. The minimum absolute atomic E-state index is 0.102. The normalized spacial score (nSPS) is 17.0. The fourth-order valence-electron chi connectivity index (χ4n) is 0.971. The van der Waals surface area contributed by atoms with E-state index in [9.17, 15) is 4.79 Å². The predicted molar refractivity (Wildman–Crippen MR) is 46.3 cm³/mol. The van der Waals surface area contributed by atoms with Crippen LogP contribution in [-0.2, 0) is 4.79 Å². The van der Waals surface area contributed by atoms with Gasteiger partial charge in [0.05, 0.1) is 0 Å². The SMILES string of the molecule is CC(=O)/C=C\C1=CCCC=C1. The molecule has 0 amide bonds. The van der Waals surface area contributed by atoms with Crippen LogP contribution in [0.4, 0.5) is 0 Å². The van der Waals surface area contributed by atoms with E-state index in [2.05, 4.69) is 12.2 Å². The van der Waals surface area contributed by atoms with Crippen molar-refractivity contribution in [2.45, 2.75) is 19.8 Å². The summed E-state index contributed by atoms with van der Waals surface area (Å²) in [5, 5.41) is 0. The zero-order chi connectivity index (χ0) is 8.10. The van der Waals surface area contributed by atoms with Gasteiger partial charge in [-0.05, 0) is 31.4 Å². The van der Waals surface area contributed by atoms with Crippen molar-refractivity contribution in [2.24, 2.45) is 0 Å². The van der Waals surface area contributed by atoms with Gasteiger partial charge in [0.25, 0.3) is 0 Å². The molecular weight excluding hydrogens is 136 g/mol. The van der Waals surface area contributed by atoms with Gasteiger partial charge in [0.2, 0.25) is 0 Å². The summed E-state index contributed by atoms with van der Waals surface area (Å²) < 4.78 is 0. The standard InChI is InChI=1S/C10H12O/c1-9(11)7-8-10-5-3-2-4-6-10/h3,5-8H,2,4H2,1H3/b8-7-. The van der Waals surface area contributed by atoms with E-state index >= 15 is 0 Å². The molecule has 0 heterocycles. The Bertz CT molecular complexity index is 231. The molecule has 0 fully saturated rings. The van der Waals surface area contributed by atoms with Crippen LogP contribution < -0.4 is 0 Å². The monoisotopic (exact) mass is 148 g/mol. The molecule has 58 valence electrons.